The van der Waals surface area contributed by atoms with Crippen LogP contribution in [0.1, 0.15) is 6.92 Å². The Kier molecular flexibility index (Phi) is 2.70. The molecule has 0 saturated carbocycles. The fraction of sp³-hybridized carbons (Fsp3) is 0.455. The average molecular weight is 208 g/mol. The Morgan fingerprint density at radius 3 is 2.86 bits per heavy atom. The molecule has 1 heterocycles. The SMILES string of the molecule is CC1C(CN)Sc2ccccc2N1C. The lowest BCUT2D eigenvalue weighted by molar-refractivity contribution is 0.636. The van der Waals surface area contributed by atoms with Crippen LogP contribution in [0.15, 0.2) is 29.2 Å². The van der Waals surface area contributed by atoms with Gasteiger partial charge in [-0.25, -0.2) is 0 Å². The lowest BCUT2D eigenvalue weighted by Crippen LogP contribution is -2.43. The predicted molar refractivity (Wildman–Crippen MR) is 63.0 cm³/mol. The zero-order valence-electron chi connectivity index (χ0n) is 8.60. The molecule has 2 unspecified atom stereocenters. The van der Waals surface area contributed by atoms with E-state index in [-0.39, 0.29) is 0 Å². The van der Waals surface area contributed by atoms with Crippen molar-refractivity contribution in [1.82, 2.24) is 0 Å². The monoisotopic (exact) mass is 208 g/mol. The van der Waals surface area contributed by atoms with Crippen molar-refractivity contribution in [2.45, 2.75) is 23.1 Å². The molecular formula is C11H16N2S. The summed E-state index contributed by atoms with van der Waals surface area (Å²) in [6.07, 6.45) is 0. The summed E-state index contributed by atoms with van der Waals surface area (Å²) in [5, 5.41) is 0.509. The van der Waals surface area contributed by atoms with Crippen molar-refractivity contribution in [3.05, 3.63) is 24.3 Å². The second-order valence-corrected chi connectivity index (χ2v) is 4.99. The smallest absolute Gasteiger partial charge is 0.0504 e. The topological polar surface area (TPSA) is 29.3 Å². The Balaban J connectivity index is 2.37. The Morgan fingerprint density at radius 1 is 1.43 bits per heavy atom. The van der Waals surface area contributed by atoms with E-state index in [1.165, 1.54) is 10.6 Å². The highest BCUT2D eigenvalue weighted by Crippen LogP contribution is 2.39. The van der Waals surface area contributed by atoms with Gasteiger partial charge in [0.05, 0.1) is 5.69 Å². The van der Waals surface area contributed by atoms with Crippen LogP contribution in [0.5, 0.6) is 0 Å². The van der Waals surface area contributed by atoms with E-state index >= 15 is 0 Å². The van der Waals surface area contributed by atoms with Gasteiger partial charge >= 0.3 is 0 Å². The van der Waals surface area contributed by atoms with Gasteiger partial charge < -0.3 is 10.6 Å². The van der Waals surface area contributed by atoms with Crippen LogP contribution in [0, 0.1) is 0 Å². The maximum Gasteiger partial charge on any atom is 0.0504 e. The second kappa shape index (κ2) is 3.83. The van der Waals surface area contributed by atoms with Gasteiger partial charge in [0.25, 0.3) is 0 Å². The van der Waals surface area contributed by atoms with Crippen LogP contribution in [-0.2, 0) is 0 Å². The standard InChI is InChI=1S/C11H16N2S/c1-8-11(7-12)14-10-6-4-3-5-9(10)13(8)2/h3-6,8,11H,7,12H2,1-2H3. The van der Waals surface area contributed by atoms with Gasteiger partial charge in [-0.05, 0) is 19.1 Å². The van der Waals surface area contributed by atoms with Gasteiger partial charge in [-0.2, -0.15) is 0 Å². The van der Waals surface area contributed by atoms with Gasteiger partial charge in [0.2, 0.25) is 0 Å². The number of benzene rings is 1. The number of thioether (sulfide) groups is 1. The highest BCUT2D eigenvalue weighted by Gasteiger charge is 2.28. The first kappa shape index (κ1) is 9.87. The Labute approximate surface area is 89.5 Å². The van der Waals surface area contributed by atoms with Crippen molar-refractivity contribution in [3.8, 4) is 0 Å². The number of nitrogens with two attached hydrogens (primary N) is 1. The van der Waals surface area contributed by atoms with Crippen molar-refractivity contribution in [3.63, 3.8) is 0 Å². The fourth-order valence-electron chi connectivity index (χ4n) is 1.82. The summed E-state index contributed by atoms with van der Waals surface area (Å²) in [6.45, 7) is 2.98. The number of para-hydroxylation sites is 1. The van der Waals surface area contributed by atoms with E-state index in [9.17, 15) is 0 Å². The van der Waals surface area contributed by atoms with Gasteiger partial charge in [0.1, 0.15) is 0 Å². The molecule has 14 heavy (non-hydrogen) atoms. The molecule has 1 aromatic rings. The fourth-order valence-corrected chi connectivity index (χ4v) is 3.12. The molecule has 2 rings (SSSR count). The molecule has 0 aliphatic carbocycles. The number of anilines is 1. The molecule has 76 valence electrons. The third-order valence-corrected chi connectivity index (χ3v) is 4.39. The van der Waals surface area contributed by atoms with Gasteiger partial charge in [-0.1, -0.05) is 12.1 Å². The number of hydrogen-bond donors (Lipinski definition) is 1. The number of rotatable bonds is 1. The summed E-state index contributed by atoms with van der Waals surface area (Å²) < 4.78 is 0. The first-order valence-electron chi connectivity index (χ1n) is 4.92. The molecule has 0 fully saturated rings. The van der Waals surface area contributed by atoms with Crippen molar-refractivity contribution >= 4 is 17.4 Å². The van der Waals surface area contributed by atoms with Crippen LogP contribution >= 0.6 is 11.8 Å². The molecule has 2 nitrogen and oxygen atoms in total. The van der Waals surface area contributed by atoms with Crippen LogP contribution in [0.3, 0.4) is 0 Å². The van der Waals surface area contributed by atoms with E-state index in [0.717, 1.165) is 6.54 Å². The number of fused-ring (bicyclic) bond motifs is 1. The molecule has 1 aliphatic heterocycles. The van der Waals surface area contributed by atoms with E-state index in [4.69, 9.17) is 5.73 Å². The molecule has 0 saturated heterocycles. The van der Waals surface area contributed by atoms with E-state index in [1.807, 2.05) is 11.8 Å². The van der Waals surface area contributed by atoms with Gasteiger partial charge in [0.15, 0.2) is 0 Å². The quantitative estimate of drug-likeness (QED) is 0.765. The third kappa shape index (κ3) is 1.51. The molecule has 0 bridgehead atoms. The van der Waals surface area contributed by atoms with Gasteiger partial charge in [0, 0.05) is 29.8 Å². The summed E-state index contributed by atoms with van der Waals surface area (Å²) in [7, 11) is 2.14. The van der Waals surface area contributed by atoms with Gasteiger partial charge in [-0.15, -0.1) is 11.8 Å². The van der Waals surface area contributed by atoms with E-state index < -0.39 is 0 Å². The third-order valence-electron chi connectivity index (χ3n) is 2.90. The highest BCUT2D eigenvalue weighted by atomic mass is 32.2. The minimum Gasteiger partial charge on any atom is -0.370 e. The van der Waals surface area contributed by atoms with Gasteiger partial charge in [-0.3, -0.25) is 0 Å². The number of hydrogen-bond acceptors (Lipinski definition) is 3. The second-order valence-electron chi connectivity index (χ2n) is 3.71. The normalized spacial score (nSPS) is 26.1. The largest absolute Gasteiger partial charge is 0.370 e. The van der Waals surface area contributed by atoms with Crippen LogP contribution in [0.25, 0.3) is 0 Å². The van der Waals surface area contributed by atoms with Crippen LogP contribution < -0.4 is 10.6 Å². The van der Waals surface area contributed by atoms with E-state index in [1.54, 1.807) is 0 Å². The highest BCUT2D eigenvalue weighted by molar-refractivity contribution is 8.00. The summed E-state index contributed by atoms with van der Waals surface area (Å²) in [5.74, 6) is 0. The lowest BCUT2D eigenvalue weighted by Gasteiger charge is -2.38. The summed E-state index contributed by atoms with van der Waals surface area (Å²) >= 11 is 1.90. The summed E-state index contributed by atoms with van der Waals surface area (Å²) in [4.78, 5) is 3.67. The molecular weight excluding hydrogens is 192 g/mol. The zero-order chi connectivity index (χ0) is 10.1. The van der Waals surface area contributed by atoms with Crippen molar-refractivity contribution in [2.24, 2.45) is 5.73 Å². The molecule has 1 aromatic carbocycles. The van der Waals surface area contributed by atoms with Crippen molar-refractivity contribution in [2.75, 3.05) is 18.5 Å². The Bertz CT molecular complexity index is 327. The minimum absolute atomic E-state index is 0.509. The molecule has 0 amide bonds. The van der Waals surface area contributed by atoms with Crippen LogP contribution in [-0.4, -0.2) is 24.9 Å². The zero-order valence-corrected chi connectivity index (χ0v) is 9.42. The summed E-state index contributed by atoms with van der Waals surface area (Å²) in [6, 6.07) is 9.03. The molecule has 2 N–H and O–H groups in total. The number of nitrogens with zero attached hydrogens (tertiary/aromatic N) is 1. The average Bonchev–Trinajstić information content (AvgIpc) is 2.23. The first-order chi connectivity index (χ1) is 6.74. The molecule has 0 radical (unpaired) electrons. The minimum atomic E-state index is 0.509. The van der Waals surface area contributed by atoms with Crippen LogP contribution in [0.2, 0.25) is 0 Å². The summed E-state index contributed by atoms with van der Waals surface area (Å²) in [5.41, 5.74) is 7.09. The van der Waals surface area contributed by atoms with Crippen LogP contribution in [0.4, 0.5) is 5.69 Å². The molecule has 3 heteroatoms. The lowest BCUT2D eigenvalue weighted by atomic mass is 10.1. The predicted octanol–water partition coefficient (Wildman–Crippen LogP) is 1.94. The van der Waals surface area contributed by atoms with Crippen molar-refractivity contribution in [1.29, 1.82) is 0 Å². The Morgan fingerprint density at radius 2 is 2.14 bits per heavy atom. The molecule has 1 aliphatic rings. The first-order valence-corrected chi connectivity index (χ1v) is 5.80. The van der Waals surface area contributed by atoms with E-state index in [2.05, 4.69) is 43.1 Å². The molecule has 0 aromatic heterocycles. The molecule has 2 atom stereocenters. The maximum atomic E-state index is 5.77. The maximum absolute atomic E-state index is 5.77. The molecule has 0 spiro atoms. The van der Waals surface area contributed by atoms with E-state index in [0.29, 0.717) is 11.3 Å². The van der Waals surface area contributed by atoms with Crippen molar-refractivity contribution < 1.29 is 0 Å². The Hall–Kier alpha value is -0.670.